The number of benzene rings is 2. The van der Waals surface area contributed by atoms with Crippen molar-refractivity contribution in [3.63, 3.8) is 0 Å². The summed E-state index contributed by atoms with van der Waals surface area (Å²) in [4.78, 5) is 11.0. The van der Waals surface area contributed by atoms with Gasteiger partial charge in [-0.3, -0.25) is 4.79 Å². The van der Waals surface area contributed by atoms with Crippen LogP contribution >= 0.6 is 0 Å². The summed E-state index contributed by atoms with van der Waals surface area (Å²) < 4.78 is 24.1. The average Bonchev–Trinajstić information content (AvgIpc) is 3.25. The summed E-state index contributed by atoms with van der Waals surface area (Å²) in [6.45, 7) is 0.182. The van der Waals surface area contributed by atoms with Gasteiger partial charge in [-0.1, -0.05) is 24.3 Å². The highest BCUT2D eigenvalue weighted by Gasteiger charge is 2.10. The Hall–Kier alpha value is -2.88. The van der Waals surface area contributed by atoms with Gasteiger partial charge in [0.05, 0.1) is 18.4 Å². The normalized spacial score (nSPS) is 10.7. The Kier molecular flexibility index (Phi) is 6.80. The van der Waals surface area contributed by atoms with Crippen molar-refractivity contribution in [1.29, 1.82) is 0 Å². The van der Waals surface area contributed by atoms with E-state index in [0.29, 0.717) is 23.7 Å². The number of aryl methyl sites for hydroxylation is 1. The number of carbonyl (C=O) groups is 1. The van der Waals surface area contributed by atoms with Gasteiger partial charge in [-0.25, -0.2) is 4.39 Å². The first-order chi connectivity index (χ1) is 13.3. The zero-order chi connectivity index (χ0) is 18.9. The highest BCUT2D eigenvalue weighted by Crippen LogP contribution is 2.31. The SMILES string of the molecule is O=Cc1ccc(OCCCCCc2cccc(CF)c2)c(-c2ccco2)c1. The second kappa shape index (κ2) is 9.72. The largest absolute Gasteiger partial charge is 0.493 e. The number of aldehydes is 1. The number of carbonyl (C=O) groups excluding carboxylic acids is 1. The van der Waals surface area contributed by atoms with E-state index >= 15 is 0 Å². The fourth-order valence-electron chi connectivity index (χ4n) is 3.03. The molecule has 1 aromatic heterocycles. The quantitative estimate of drug-likeness (QED) is 0.325. The molecule has 3 nitrogen and oxygen atoms in total. The van der Waals surface area contributed by atoms with E-state index in [9.17, 15) is 9.18 Å². The first-order valence-electron chi connectivity index (χ1n) is 9.20. The van der Waals surface area contributed by atoms with Gasteiger partial charge in [0.1, 0.15) is 24.5 Å². The van der Waals surface area contributed by atoms with Crippen LogP contribution in [0.2, 0.25) is 0 Å². The number of hydrogen-bond acceptors (Lipinski definition) is 3. The summed E-state index contributed by atoms with van der Waals surface area (Å²) in [5.41, 5.74) is 3.28. The lowest BCUT2D eigenvalue weighted by Gasteiger charge is -2.11. The van der Waals surface area contributed by atoms with Crippen molar-refractivity contribution < 1.29 is 18.3 Å². The van der Waals surface area contributed by atoms with Gasteiger partial charge in [-0.15, -0.1) is 0 Å². The monoisotopic (exact) mass is 366 g/mol. The number of halogens is 1. The average molecular weight is 366 g/mol. The van der Waals surface area contributed by atoms with Crippen LogP contribution in [0.3, 0.4) is 0 Å². The van der Waals surface area contributed by atoms with E-state index in [1.807, 2.05) is 42.5 Å². The van der Waals surface area contributed by atoms with E-state index in [1.165, 1.54) is 5.56 Å². The van der Waals surface area contributed by atoms with Crippen LogP contribution in [-0.2, 0) is 13.1 Å². The Morgan fingerprint density at radius 3 is 2.63 bits per heavy atom. The van der Waals surface area contributed by atoms with Crippen LogP contribution in [0.4, 0.5) is 4.39 Å². The molecule has 27 heavy (non-hydrogen) atoms. The fourth-order valence-corrected chi connectivity index (χ4v) is 3.03. The minimum absolute atomic E-state index is 0.414. The summed E-state index contributed by atoms with van der Waals surface area (Å²) in [6.07, 6.45) is 6.35. The standard InChI is InChI=1S/C23H23FO3/c24-16-19-8-4-7-18(14-19)6-2-1-3-12-26-23-11-10-20(17-25)15-21(23)22-9-5-13-27-22/h4-5,7-11,13-15,17H,1-3,6,12,16H2. The third-order valence-electron chi connectivity index (χ3n) is 4.44. The molecule has 0 atom stereocenters. The van der Waals surface area contributed by atoms with E-state index in [4.69, 9.17) is 9.15 Å². The van der Waals surface area contributed by atoms with Crippen molar-refractivity contribution in [2.24, 2.45) is 0 Å². The van der Waals surface area contributed by atoms with Crippen molar-refractivity contribution in [3.8, 4) is 17.1 Å². The van der Waals surface area contributed by atoms with Crippen molar-refractivity contribution in [2.75, 3.05) is 6.61 Å². The van der Waals surface area contributed by atoms with Crippen LogP contribution < -0.4 is 4.74 Å². The maximum Gasteiger partial charge on any atom is 0.150 e. The van der Waals surface area contributed by atoms with Crippen molar-refractivity contribution in [1.82, 2.24) is 0 Å². The van der Waals surface area contributed by atoms with Crippen molar-refractivity contribution in [2.45, 2.75) is 32.4 Å². The summed E-state index contributed by atoms with van der Waals surface area (Å²) in [7, 11) is 0. The highest BCUT2D eigenvalue weighted by molar-refractivity contribution is 5.80. The minimum atomic E-state index is -0.414. The Balaban J connectivity index is 1.48. The number of hydrogen-bond donors (Lipinski definition) is 0. The Labute approximate surface area is 158 Å². The Morgan fingerprint density at radius 2 is 1.85 bits per heavy atom. The molecule has 4 heteroatoms. The third-order valence-corrected chi connectivity index (χ3v) is 4.44. The predicted molar refractivity (Wildman–Crippen MR) is 104 cm³/mol. The molecule has 0 fully saturated rings. The van der Waals surface area contributed by atoms with Gasteiger partial charge in [-0.05, 0) is 67.1 Å². The maximum absolute atomic E-state index is 12.7. The fraction of sp³-hybridized carbons (Fsp3) is 0.261. The number of alkyl halides is 1. The van der Waals surface area contributed by atoms with Crippen LogP contribution in [0.15, 0.2) is 65.3 Å². The first-order valence-corrected chi connectivity index (χ1v) is 9.20. The summed E-state index contributed by atoms with van der Waals surface area (Å²) >= 11 is 0. The van der Waals surface area contributed by atoms with Gasteiger partial charge in [-0.2, -0.15) is 0 Å². The molecule has 0 amide bonds. The molecule has 0 bridgehead atoms. The summed E-state index contributed by atoms with van der Waals surface area (Å²) in [5.74, 6) is 1.40. The highest BCUT2D eigenvalue weighted by atomic mass is 19.1. The number of furan rings is 1. The van der Waals surface area contributed by atoms with Gasteiger partial charge < -0.3 is 9.15 Å². The summed E-state index contributed by atoms with van der Waals surface area (Å²) in [6, 6.07) is 16.7. The molecular weight excluding hydrogens is 343 g/mol. The van der Waals surface area contributed by atoms with Crippen LogP contribution in [0.25, 0.3) is 11.3 Å². The lowest BCUT2D eigenvalue weighted by atomic mass is 10.0. The minimum Gasteiger partial charge on any atom is -0.493 e. The Morgan fingerprint density at radius 1 is 0.963 bits per heavy atom. The maximum atomic E-state index is 12.7. The van der Waals surface area contributed by atoms with Gasteiger partial charge in [0.15, 0.2) is 0 Å². The number of rotatable bonds is 10. The third kappa shape index (κ3) is 5.30. The van der Waals surface area contributed by atoms with Crippen LogP contribution in [-0.4, -0.2) is 12.9 Å². The molecule has 0 aliphatic rings. The lowest BCUT2D eigenvalue weighted by Crippen LogP contribution is -2.00. The molecule has 0 saturated carbocycles. The molecular formula is C23H23FO3. The summed E-state index contributed by atoms with van der Waals surface area (Å²) in [5, 5.41) is 0. The van der Waals surface area contributed by atoms with Crippen molar-refractivity contribution in [3.05, 3.63) is 77.6 Å². The smallest absolute Gasteiger partial charge is 0.150 e. The van der Waals surface area contributed by atoms with E-state index in [2.05, 4.69) is 0 Å². The van der Waals surface area contributed by atoms with E-state index < -0.39 is 6.67 Å². The molecule has 0 N–H and O–H groups in total. The molecule has 2 aromatic carbocycles. The van der Waals surface area contributed by atoms with Gasteiger partial charge in [0.2, 0.25) is 0 Å². The molecule has 0 unspecified atom stereocenters. The molecule has 0 radical (unpaired) electrons. The first kappa shape index (κ1) is 18.9. The van der Waals surface area contributed by atoms with Crippen LogP contribution in [0, 0.1) is 0 Å². The van der Waals surface area contributed by atoms with E-state index in [1.54, 1.807) is 18.4 Å². The lowest BCUT2D eigenvalue weighted by molar-refractivity contribution is 0.112. The molecule has 3 rings (SSSR count). The number of ether oxygens (including phenoxy) is 1. The van der Waals surface area contributed by atoms with Gasteiger partial charge >= 0.3 is 0 Å². The predicted octanol–water partition coefficient (Wildman–Crippen LogP) is 6.02. The van der Waals surface area contributed by atoms with Gasteiger partial charge in [0.25, 0.3) is 0 Å². The molecule has 0 spiro atoms. The topological polar surface area (TPSA) is 39.4 Å². The van der Waals surface area contributed by atoms with Gasteiger partial charge in [0, 0.05) is 5.56 Å². The van der Waals surface area contributed by atoms with Crippen molar-refractivity contribution >= 4 is 6.29 Å². The second-order valence-electron chi connectivity index (χ2n) is 6.46. The number of unbranched alkanes of at least 4 members (excludes halogenated alkanes) is 2. The molecule has 3 aromatic rings. The van der Waals surface area contributed by atoms with Crippen LogP contribution in [0.1, 0.15) is 40.7 Å². The molecule has 140 valence electrons. The second-order valence-corrected chi connectivity index (χ2v) is 6.46. The zero-order valence-corrected chi connectivity index (χ0v) is 15.2. The molecule has 1 heterocycles. The molecule has 0 aliphatic carbocycles. The van der Waals surface area contributed by atoms with E-state index in [0.717, 1.165) is 43.1 Å². The van der Waals surface area contributed by atoms with E-state index in [-0.39, 0.29) is 0 Å². The van der Waals surface area contributed by atoms with Crippen LogP contribution in [0.5, 0.6) is 5.75 Å². The molecule has 0 saturated heterocycles. The molecule has 0 aliphatic heterocycles. The Bertz CT molecular complexity index is 856. The zero-order valence-electron chi connectivity index (χ0n) is 15.2.